The first-order valence-corrected chi connectivity index (χ1v) is 8.42. The van der Waals surface area contributed by atoms with Gasteiger partial charge < -0.3 is 14.4 Å². The van der Waals surface area contributed by atoms with Crippen LogP contribution in [0.25, 0.3) is 0 Å². The van der Waals surface area contributed by atoms with Crippen molar-refractivity contribution in [3.8, 4) is 11.5 Å². The zero-order chi connectivity index (χ0) is 17.1. The van der Waals surface area contributed by atoms with Crippen LogP contribution in [-0.2, 0) is 0 Å². The van der Waals surface area contributed by atoms with Crippen molar-refractivity contribution < 1.29 is 14.3 Å². The molecule has 1 unspecified atom stereocenters. The van der Waals surface area contributed by atoms with Crippen LogP contribution in [0.15, 0.2) is 48.5 Å². The number of carbonyl (C=O) groups excluding carboxylic acids is 1. The van der Waals surface area contributed by atoms with E-state index in [1.807, 2.05) is 67.3 Å². The van der Waals surface area contributed by atoms with Crippen LogP contribution < -0.4 is 14.4 Å². The van der Waals surface area contributed by atoms with Gasteiger partial charge in [0.25, 0.3) is 5.91 Å². The third kappa shape index (κ3) is 3.37. The number of nitrogens with zero attached hydrogens (tertiary/aromatic N) is 1. The Kier molecular flexibility index (Phi) is 4.74. The highest BCUT2D eigenvalue weighted by atomic mass is 16.5. The SMILES string of the molecule is CCC1CN(C(=O)c2ccc(OC(C)C)cc2)c2ccccc2O1. The van der Waals surface area contributed by atoms with Gasteiger partial charge in [0, 0.05) is 5.56 Å². The monoisotopic (exact) mass is 325 g/mol. The number of fused-ring (bicyclic) bond motifs is 1. The first-order chi connectivity index (χ1) is 11.6. The van der Waals surface area contributed by atoms with Crippen LogP contribution in [0.3, 0.4) is 0 Å². The zero-order valence-electron chi connectivity index (χ0n) is 14.4. The topological polar surface area (TPSA) is 38.8 Å². The van der Waals surface area contributed by atoms with Crippen LogP contribution in [0, 0.1) is 0 Å². The Bertz CT molecular complexity index is 709. The number of amides is 1. The van der Waals surface area contributed by atoms with Gasteiger partial charge in [-0.15, -0.1) is 0 Å². The summed E-state index contributed by atoms with van der Waals surface area (Å²) in [7, 11) is 0. The number of rotatable bonds is 4. The Morgan fingerprint density at radius 1 is 1.21 bits per heavy atom. The Balaban J connectivity index is 1.86. The number of carbonyl (C=O) groups is 1. The van der Waals surface area contributed by atoms with Gasteiger partial charge in [0.1, 0.15) is 17.6 Å². The second-order valence-electron chi connectivity index (χ2n) is 6.22. The van der Waals surface area contributed by atoms with Crippen LogP contribution in [-0.4, -0.2) is 24.7 Å². The largest absolute Gasteiger partial charge is 0.491 e. The van der Waals surface area contributed by atoms with E-state index in [0.29, 0.717) is 12.1 Å². The molecular weight excluding hydrogens is 302 g/mol. The second-order valence-corrected chi connectivity index (χ2v) is 6.22. The van der Waals surface area contributed by atoms with E-state index in [0.717, 1.165) is 23.6 Å². The minimum atomic E-state index is -0.0136. The third-order valence-electron chi connectivity index (χ3n) is 4.01. The molecule has 0 radical (unpaired) electrons. The second kappa shape index (κ2) is 6.95. The fraction of sp³-hybridized carbons (Fsp3) is 0.350. The molecule has 0 saturated heterocycles. The highest BCUT2D eigenvalue weighted by Gasteiger charge is 2.29. The third-order valence-corrected chi connectivity index (χ3v) is 4.01. The molecule has 24 heavy (non-hydrogen) atoms. The van der Waals surface area contributed by atoms with Crippen molar-refractivity contribution in [3.05, 3.63) is 54.1 Å². The van der Waals surface area contributed by atoms with Crippen LogP contribution >= 0.6 is 0 Å². The van der Waals surface area contributed by atoms with Gasteiger partial charge in [-0.1, -0.05) is 19.1 Å². The molecule has 1 aliphatic rings. The molecular formula is C20H23NO3. The van der Waals surface area contributed by atoms with Crippen LogP contribution in [0.2, 0.25) is 0 Å². The fourth-order valence-electron chi connectivity index (χ4n) is 2.81. The number of hydrogen-bond acceptors (Lipinski definition) is 3. The summed E-state index contributed by atoms with van der Waals surface area (Å²) >= 11 is 0. The zero-order valence-corrected chi connectivity index (χ0v) is 14.4. The highest BCUT2D eigenvalue weighted by molar-refractivity contribution is 6.07. The molecule has 1 heterocycles. The van der Waals surface area contributed by atoms with Gasteiger partial charge in [-0.05, 0) is 56.7 Å². The van der Waals surface area contributed by atoms with Crippen molar-refractivity contribution >= 4 is 11.6 Å². The Hall–Kier alpha value is -2.49. The molecule has 0 aliphatic carbocycles. The molecule has 2 aromatic carbocycles. The lowest BCUT2D eigenvalue weighted by molar-refractivity contribution is 0.0954. The molecule has 0 saturated carbocycles. The molecule has 4 heteroatoms. The fourth-order valence-corrected chi connectivity index (χ4v) is 2.81. The molecule has 0 fully saturated rings. The van der Waals surface area contributed by atoms with Crippen molar-refractivity contribution in [1.29, 1.82) is 0 Å². The van der Waals surface area contributed by atoms with E-state index in [1.54, 1.807) is 0 Å². The molecule has 0 N–H and O–H groups in total. The Morgan fingerprint density at radius 2 is 1.92 bits per heavy atom. The summed E-state index contributed by atoms with van der Waals surface area (Å²) in [6, 6.07) is 15.0. The van der Waals surface area contributed by atoms with Gasteiger partial charge in [0.15, 0.2) is 0 Å². The number of ether oxygens (including phenoxy) is 2. The minimum absolute atomic E-state index is 0.0136. The average Bonchev–Trinajstić information content (AvgIpc) is 2.60. The summed E-state index contributed by atoms with van der Waals surface area (Å²) in [6.07, 6.45) is 0.995. The molecule has 0 spiro atoms. The summed E-state index contributed by atoms with van der Waals surface area (Å²) in [5.74, 6) is 1.53. The van der Waals surface area contributed by atoms with Crippen molar-refractivity contribution in [3.63, 3.8) is 0 Å². The van der Waals surface area contributed by atoms with Crippen LogP contribution in [0.5, 0.6) is 11.5 Å². The summed E-state index contributed by atoms with van der Waals surface area (Å²) in [6.45, 7) is 6.60. The maximum atomic E-state index is 13.0. The normalized spacial score (nSPS) is 16.5. The van der Waals surface area contributed by atoms with E-state index in [-0.39, 0.29) is 18.1 Å². The van der Waals surface area contributed by atoms with Crippen molar-refractivity contribution in [2.24, 2.45) is 0 Å². The predicted molar refractivity (Wildman–Crippen MR) is 95.0 cm³/mol. The maximum absolute atomic E-state index is 13.0. The summed E-state index contributed by atoms with van der Waals surface area (Å²) in [5.41, 5.74) is 1.48. The predicted octanol–water partition coefficient (Wildman–Crippen LogP) is 4.29. The highest BCUT2D eigenvalue weighted by Crippen LogP contribution is 2.34. The molecule has 0 bridgehead atoms. The number of anilines is 1. The molecule has 3 rings (SSSR count). The maximum Gasteiger partial charge on any atom is 0.258 e. The lowest BCUT2D eigenvalue weighted by Gasteiger charge is -2.34. The minimum Gasteiger partial charge on any atom is -0.491 e. The molecule has 1 amide bonds. The first-order valence-electron chi connectivity index (χ1n) is 8.42. The Labute approximate surface area is 143 Å². The molecule has 1 aliphatic heterocycles. The standard InChI is InChI=1S/C20H23NO3/c1-4-16-13-21(18-7-5-6-8-19(18)24-16)20(22)15-9-11-17(12-10-15)23-14(2)3/h5-12,14,16H,4,13H2,1-3H3. The van der Waals surface area contributed by atoms with E-state index in [9.17, 15) is 4.79 Å². The van der Waals surface area contributed by atoms with Crippen molar-refractivity contribution in [2.75, 3.05) is 11.4 Å². The van der Waals surface area contributed by atoms with Crippen molar-refractivity contribution in [2.45, 2.75) is 39.4 Å². The molecule has 2 aromatic rings. The first kappa shape index (κ1) is 16.4. The van der Waals surface area contributed by atoms with Gasteiger partial charge in [-0.25, -0.2) is 0 Å². The van der Waals surface area contributed by atoms with Gasteiger partial charge in [0.05, 0.1) is 18.3 Å². The van der Waals surface area contributed by atoms with Gasteiger partial charge in [-0.3, -0.25) is 4.79 Å². The molecule has 4 nitrogen and oxygen atoms in total. The van der Waals surface area contributed by atoms with E-state index < -0.39 is 0 Å². The smallest absolute Gasteiger partial charge is 0.258 e. The number of para-hydroxylation sites is 2. The summed E-state index contributed by atoms with van der Waals surface area (Å²) in [4.78, 5) is 14.8. The summed E-state index contributed by atoms with van der Waals surface area (Å²) < 4.78 is 11.6. The lowest BCUT2D eigenvalue weighted by Crippen LogP contribution is -2.43. The molecule has 126 valence electrons. The van der Waals surface area contributed by atoms with Gasteiger partial charge in [-0.2, -0.15) is 0 Å². The van der Waals surface area contributed by atoms with E-state index in [4.69, 9.17) is 9.47 Å². The van der Waals surface area contributed by atoms with Gasteiger partial charge in [0.2, 0.25) is 0 Å². The molecule has 0 aromatic heterocycles. The average molecular weight is 325 g/mol. The quantitative estimate of drug-likeness (QED) is 0.841. The summed E-state index contributed by atoms with van der Waals surface area (Å²) in [5, 5.41) is 0. The van der Waals surface area contributed by atoms with Crippen LogP contribution in [0.1, 0.15) is 37.6 Å². The Morgan fingerprint density at radius 3 is 2.58 bits per heavy atom. The van der Waals surface area contributed by atoms with E-state index >= 15 is 0 Å². The van der Waals surface area contributed by atoms with E-state index in [1.165, 1.54) is 0 Å². The van der Waals surface area contributed by atoms with Crippen LogP contribution in [0.4, 0.5) is 5.69 Å². The molecule has 1 atom stereocenters. The van der Waals surface area contributed by atoms with Crippen molar-refractivity contribution in [1.82, 2.24) is 0 Å². The van der Waals surface area contributed by atoms with E-state index in [2.05, 4.69) is 6.92 Å². The number of benzene rings is 2. The number of hydrogen-bond donors (Lipinski definition) is 0. The van der Waals surface area contributed by atoms with Gasteiger partial charge >= 0.3 is 0 Å². The lowest BCUT2D eigenvalue weighted by atomic mass is 10.1.